The number of nitrogens with zero attached hydrogens (tertiary/aromatic N) is 1. The molecule has 0 heterocycles. The molecule has 0 bridgehead atoms. The van der Waals surface area contributed by atoms with Crippen LogP contribution in [0.4, 0.5) is 10.1 Å². The van der Waals surface area contributed by atoms with E-state index in [1.54, 1.807) is 18.2 Å². The van der Waals surface area contributed by atoms with E-state index in [9.17, 15) is 19.6 Å². The third kappa shape index (κ3) is 3.35. The van der Waals surface area contributed by atoms with Gasteiger partial charge in [0.25, 0.3) is 0 Å². The molecule has 0 amide bonds. The summed E-state index contributed by atoms with van der Waals surface area (Å²) in [6.07, 6.45) is 0. The minimum absolute atomic E-state index is 0.0914. The number of aryl methyl sites for hydroxylation is 1. The lowest BCUT2D eigenvalue weighted by atomic mass is 10.1. The molecule has 0 unspecified atom stereocenters. The van der Waals surface area contributed by atoms with E-state index in [1.807, 2.05) is 6.92 Å². The quantitative estimate of drug-likeness (QED) is 0.678. The van der Waals surface area contributed by atoms with Crippen molar-refractivity contribution >= 4 is 5.69 Å². The van der Waals surface area contributed by atoms with Gasteiger partial charge in [-0.2, -0.15) is 4.39 Å². The second-order valence-corrected chi connectivity index (χ2v) is 4.57. The van der Waals surface area contributed by atoms with Gasteiger partial charge in [-0.3, -0.25) is 10.1 Å². The van der Waals surface area contributed by atoms with Crippen molar-refractivity contribution in [3.05, 3.63) is 69.0 Å². The molecule has 0 saturated carbocycles. The van der Waals surface area contributed by atoms with Gasteiger partial charge in [0.2, 0.25) is 5.82 Å². The van der Waals surface area contributed by atoms with E-state index in [1.165, 1.54) is 12.1 Å². The number of hydrogen-bond acceptors (Lipinski definition) is 4. The van der Waals surface area contributed by atoms with E-state index in [-0.39, 0.29) is 18.8 Å². The van der Waals surface area contributed by atoms with Gasteiger partial charge in [0.15, 0.2) is 0 Å². The third-order valence-corrected chi connectivity index (χ3v) is 3.02. The highest BCUT2D eigenvalue weighted by molar-refractivity contribution is 5.38. The Balaban J connectivity index is 2.21. The summed E-state index contributed by atoms with van der Waals surface area (Å²) in [5, 5.41) is 19.9. The average Bonchev–Trinajstić information content (AvgIpc) is 2.46. The molecular weight excluding hydrogens is 277 g/mol. The molecule has 21 heavy (non-hydrogen) atoms. The molecule has 2 aromatic carbocycles. The molecule has 0 aliphatic rings. The Bertz CT molecular complexity index is 673. The first kappa shape index (κ1) is 14.9. The highest BCUT2D eigenvalue weighted by Gasteiger charge is 2.17. The zero-order valence-corrected chi connectivity index (χ0v) is 11.4. The fourth-order valence-corrected chi connectivity index (χ4v) is 1.95. The van der Waals surface area contributed by atoms with Crippen molar-refractivity contribution in [3.8, 4) is 5.75 Å². The predicted molar refractivity (Wildman–Crippen MR) is 74.5 cm³/mol. The van der Waals surface area contributed by atoms with E-state index in [4.69, 9.17) is 4.74 Å². The standard InChI is InChI=1S/C15H14FNO4/c1-10-5-6-14(12(7-10)8-18)21-9-11-3-2-4-13(15(11)16)17(19)20/h2-7,18H,8-9H2,1H3. The zero-order valence-electron chi connectivity index (χ0n) is 11.4. The molecule has 0 aliphatic carbocycles. The number of halogens is 1. The van der Waals surface area contributed by atoms with Crippen LogP contribution < -0.4 is 4.74 Å². The van der Waals surface area contributed by atoms with Crippen LogP contribution in [0.15, 0.2) is 36.4 Å². The van der Waals surface area contributed by atoms with E-state index < -0.39 is 16.4 Å². The maximum Gasteiger partial charge on any atom is 0.305 e. The third-order valence-electron chi connectivity index (χ3n) is 3.02. The van der Waals surface area contributed by atoms with Crippen molar-refractivity contribution in [1.29, 1.82) is 0 Å². The number of nitro groups is 1. The van der Waals surface area contributed by atoms with Gasteiger partial charge < -0.3 is 9.84 Å². The fourth-order valence-electron chi connectivity index (χ4n) is 1.95. The summed E-state index contributed by atoms with van der Waals surface area (Å²) in [6, 6.07) is 9.18. The summed E-state index contributed by atoms with van der Waals surface area (Å²) in [5.41, 5.74) is 1.06. The van der Waals surface area contributed by atoms with E-state index in [2.05, 4.69) is 0 Å². The molecule has 2 rings (SSSR count). The number of aliphatic hydroxyl groups is 1. The Morgan fingerprint density at radius 3 is 2.71 bits per heavy atom. The predicted octanol–water partition coefficient (Wildman–Crippen LogP) is 3.11. The maximum atomic E-state index is 13.9. The van der Waals surface area contributed by atoms with Gasteiger partial charge >= 0.3 is 5.69 Å². The maximum absolute atomic E-state index is 13.9. The Hall–Kier alpha value is -2.47. The van der Waals surface area contributed by atoms with Crippen molar-refractivity contribution in [1.82, 2.24) is 0 Å². The summed E-state index contributed by atoms with van der Waals surface area (Å²) < 4.78 is 19.4. The highest BCUT2D eigenvalue weighted by atomic mass is 19.1. The first-order valence-corrected chi connectivity index (χ1v) is 6.28. The van der Waals surface area contributed by atoms with Crippen molar-refractivity contribution in [3.63, 3.8) is 0 Å². The lowest BCUT2D eigenvalue weighted by Gasteiger charge is -2.11. The summed E-state index contributed by atoms with van der Waals surface area (Å²) >= 11 is 0. The highest BCUT2D eigenvalue weighted by Crippen LogP contribution is 2.24. The lowest BCUT2D eigenvalue weighted by Crippen LogP contribution is -2.03. The van der Waals surface area contributed by atoms with Crippen LogP contribution in [-0.4, -0.2) is 10.0 Å². The van der Waals surface area contributed by atoms with Crippen LogP contribution in [0.25, 0.3) is 0 Å². The summed E-state index contributed by atoms with van der Waals surface area (Å²) in [6.45, 7) is 1.53. The second-order valence-electron chi connectivity index (χ2n) is 4.57. The van der Waals surface area contributed by atoms with Crippen molar-refractivity contribution < 1.29 is 19.2 Å². The minimum Gasteiger partial charge on any atom is -0.488 e. The van der Waals surface area contributed by atoms with Gasteiger partial charge in [0.05, 0.1) is 11.5 Å². The Morgan fingerprint density at radius 1 is 1.29 bits per heavy atom. The van der Waals surface area contributed by atoms with E-state index in [0.717, 1.165) is 11.6 Å². The minimum atomic E-state index is -0.903. The molecule has 5 nitrogen and oxygen atoms in total. The molecule has 0 spiro atoms. The molecule has 110 valence electrons. The van der Waals surface area contributed by atoms with Gasteiger partial charge in [-0.1, -0.05) is 29.8 Å². The van der Waals surface area contributed by atoms with Crippen LogP contribution in [0, 0.1) is 22.9 Å². The number of ether oxygens (including phenoxy) is 1. The molecule has 0 aliphatic heterocycles. The monoisotopic (exact) mass is 291 g/mol. The summed E-state index contributed by atoms with van der Waals surface area (Å²) in [5.74, 6) is -0.478. The first-order chi connectivity index (χ1) is 10.0. The summed E-state index contributed by atoms with van der Waals surface area (Å²) in [4.78, 5) is 9.90. The van der Waals surface area contributed by atoms with Crippen LogP contribution in [0.5, 0.6) is 5.75 Å². The number of aliphatic hydroxyl groups excluding tert-OH is 1. The van der Waals surface area contributed by atoms with Gasteiger partial charge in [0, 0.05) is 17.2 Å². The largest absolute Gasteiger partial charge is 0.488 e. The Kier molecular flexibility index (Phi) is 4.49. The molecule has 0 atom stereocenters. The van der Waals surface area contributed by atoms with Crippen molar-refractivity contribution in [2.45, 2.75) is 20.1 Å². The van der Waals surface area contributed by atoms with Gasteiger partial charge in [0.1, 0.15) is 12.4 Å². The molecule has 0 fully saturated rings. The number of hydrogen-bond donors (Lipinski definition) is 1. The first-order valence-electron chi connectivity index (χ1n) is 6.28. The Morgan fingerprint density at radius 2 is 2.05 bits per heavy atom. The smallest absolute Gasteiger partial charge is 0.305 e. The SMILES string of the molecule is Cc1ccc(OCc2cccc([N+](=O)[O-])c2F)c(CO)c1. The second kappa shape index (κ2) is 6.32. The van der Waals surface area contributed by atoms with Crippen LogP contribution in [0.3, 0.4) is 0 Å². The van der Waals surface area contributed by atoms with Crippen LogP contribution in [0.2, 0.25) is 0 Å². The molecule has 0 saturated heterocycles. The molecule has 2 aromatic rings. The van der Waals surface area contributed by atoms with Crippen LogP contribution in [0.1, 0.15) is 16.7 Å². The molecule has 6 heteroatoms. The normalized spacial score (nSPS) is 10.4. The van der Waals surface area contributed by atoms with E-state index >= 15 is 0 Å². The zero-order chi connectivity index (χ0) is 15.4. The van der Waals surface area contributed by atoms with Crippen LogP contribution >= 0.6 is 0 Å². The average molecular weight is 291 g/mol. The van der Waals surface area contributed by atoms with Crippen molar-refractivity contribution in [2.75, 3.05) is 0 Å². The lowest BCUT2D eigenvalue weighted by molar-refractivity contribution is -0.387. The molecular formula is C15H14FNO4. The van der Waals surface area contributed by atoms with Crippen molar-refractivity contribution in [2.24, 2.45) is 0 Å². The molecule has 1 N–H and O–H groups in total. The number of benzene rings is 2. The van der Waals surface area contributed by atoms with Crippen LogP contribution in [-0.2, 0) is 13.2 Å². The fraction of sp³-hybridized carbons (Fsp3) is 0.200. The molecule has 0 aromatic heterocycles. The topological polar surface area (TPSA) is 72.6 Å². The van der Waals surface area contributed by atoms with E-state index in [0.29, 0.717) is 11.3 Å². The number of nitro benzene ring substituents is 1. The molecule has 0 radical (unpaired) electrons. The van der Waals surface area contributed by atoms with Gasteiger partial charge in [-0.05, 0) is 13.0 Å². The van der Waals surface area contributed by atoms with Gasteiger partial charge in [-0.15, -0.1) is 0 Å². The van der Waals surface area contributed by atoms with Gasteiger partial charge in [-0.25, -0.2) is 0 Å². The summed E-state index contributed by atoms with van der Waals surface area (Å²) in [7, 11) is 0. The Labute approximate surface area is 120 Å². The number of rotatable bonds is 5.